The zero-order valence-corrected chi connectivity index (χ0v) is 16.1. The summed E-state index contributed by atoms with van der Waals surface area (Å²) in [6, 6.07) is 9.20. The van der Waals surface area contributed by atoms with Crippen LogP contribution in [0.4, 0.5) is 0 Å². The summed E-state index contributed by atoms with van der Waals surface area (Å²) >= 11 is 0. The second-order valence-electron chi connectivity index (χ2n) is 7.22. The number of ether oxygens (including phenoxy) is 1. The molecule has 0 bridgehead atoms. The lowest BCUT2D eigenvalue weighted by Crippen LogP contribution is -2.40. The largest absolute Gasteiger partial charge is 0.465 e. The number of carbonyl (C=O) groups excluding carboxylic acids is 1. The van der Waals surface area contributed by atoms with Crippen LogP contribution in [-0.4, -0.2) is 27.2 Å². The molecule has 28 heavy (non-hydrogen) atoms. The van der Waals surface area contributed by atoms with Gasteiger partial charge in [-0.25, -0.2) is 14.6 Å². The van der Waals surface area contributed by atoms with Crippen molar-refractivity contribution in [2.75, 3.05) is 7.11 Å². The SMILES string of the molecule is COC(=O)c1cc(C2CC2)nc2c1c(=O)n(Cc1ccccc1C)c(=O)n2C. The Kier molecular flexibility index (Phi) is 4.37. The molecule has 1 fully saturated rings. The minimum absolute atomic E-state index is 0.118. The first-order valence-electron chi connectivity index (χ1n) is 9.19. The van der Waals surface area contributed by atoms with E-state index in [4.69, 9.17) is 4.74 Å². The minimum atomic E-state index is -0.604. The topological polar surface area (TPSA) is 83.2 Å². The number of esters is 1. The van der Waals surface area contributed by atoms with E-state index in [-0.39, 0.29) is 29.1 Å². The molecule has 0 radical (unpaired) electrons. The highest BCUT2D eigenvalue weighted by atomic mass is 16.5. The molecule has 1 aromatic carbocycles. The molecule has 0 saturated heterocycles. The third kappa shape index (κ3) is 2.93. The van der Waals surface area contributed by atoms with Crippen molar-refractivity contribution >= 4 is 17.0 Å². The summed E-state index contributed by atoms with van der Waals surface area (Å²) in [4.78, 5) is 43.1. The van der Waals surface area contributed by atoms with Crippen LogP contribution in [0.1, 0.15) is 45.9 Å². The van der Waals surface area contributed by atoms with Gasteiger partial charge in [-0.15, -0.1) is 0 Å². The van der Waals surface area contributed by atoms with E-state index in [9.17, 15) is 14.4 Å². The molecule has 2 aromatic heterocycles. The molecule has 0 unspecified atom stereocenters. The van der Waals surface area contributed by atoms with Crippen molar-refractivity contribution < 1.29 is 9.53 Å². The lowest BCUT2D eigenvalue weighted by Gasteiger charge is -2.14. The highest BCUT2D eigenvalue weighted by Gasteiger charge is 2.29. The van der Waals surface area contributed by atoms with E-state index < -0.39 is 17.2 Å². The Hall–Kier alpha value is -3.22. The number of nitrogens with zero attached hydrogens (tertiary/aromatic N) is 3. The van der Waals surface area contributed by atoms with Gasteiger partial charge < -0.3 is 4.74 Å². The quantitative estimate of drug-likeness (QED) is 0.649. The number of hydrogen-bond donors (Lipinski definition) is 0. The molecule has 4 rings (SSSR count). The minimum Gasteiger partial charge on any atom is -0.465 e. The fourth-order valence-corrected chi connectivity index (χ4v) is 3.45. The monoisotopic (exact) mass is 379 g/mol. The van der Waals surface area contributed by atoms with Crippen molar-refractivity contribution in [2.45, 2.75) is 32.2 Å². The summed E-state index contributed by atoms with van der Waals surface area (Å²) in [7, 11) is 2.85. The van der Waals surface area contributed by atoms with E-state index in [1.165, 1.54) is 11.7 Å². The summed E-state index contributed by atoms with van der Waals surface area (Å²) < 4.78 is 7.39. The molecule has 1 aliphatic carbocycles. The number of carbonyl (C=O) groups is 1. The van der Waals surface area contributed by atoms with Gasteiger partial charge in [0.2, 0.25) is 0 Å². The van der Waals surface area contributed by atoms with Crippen molar-refractivity contribution in [3.63, 3.8) is 0 Å². The van der Waals surface area contributed by atoms with Gasteiger partial charge in [-0.05, 0) is 37.0 Å². The molecule has 0 N–H and O–H groups in total. The number of methoxy groups -OCH3 is 1. The van der Waals surface area contributed by atoms with Crippen LogP contribution in [0.25, 0.3) is 11.0 Å². The molecule has 0 spiro atoms. The van der Waals surface area contributed by atoms with Gasteiger partial charge in [-0.2, -0.15) is 0 Å². The number of rotatable bonds is 4. The van der Waals surface area contributed by atoms with Crippen LogP contribution in [0.2, 0.25) is 0 Å². The predicted molar refractivity (Wildman–Crippen MR) is 105 cm³/mol. The summed E-state index contributed by atoms with van der Waals surface area (Å²) in [5, 5.41) is 0.118. The fourth-order valence-electron chi connectivity index (χ4n) is 3.45. The van der Waals surface area contributed by atoms with Crippen LogP contribution in [0.3, 0.4) is 0 Å². The van der Waals surface area contributed by atoms with E-state index in [2.05, 4.69) is 4.98 Å². The lowest BCUT2D eigenvalue weighted by atomic mass is 10.1. The second-order valence-corrected chi connectivity index (χ2v) is 7.22. The molecule has 0 amide bonds. The standard InChI is InChI=1S/C21H21N3O4/c1-12-6-4-5-7-14(12)11-24-19(25)17-15(20(26)28-3)10-16(13-8-9-13)22-18(17)23(2)21(24)27/h4-7,10,13H,8-9,11H2,1-3H3. The van der Waals surface area contributed by atoms with Crippen LogP contribution < -0.4 is 11.2 Å². The number of benzene rings is 1. The maximum Gasteiger partial charge on any atom is 0.338 e. The molecule has 7 nitrogen and oxygen atoms in total. The molecule has 1 aliphatic rings. The van der Waals surface area contributed by atoms with Gasteiger partial charge in [-0.3, -0.25) is 13.9 Å². The Morgan fingerprint density at radius 1 is 1.25 bits per heavy atom. The van der Waals surface area contributed by atoms with Gasteiger partial charge in [0.1, 0.15) is 5.65 Å². The Morgan fingerprint density at radius 2 is 1.96 bits per heavy atom. The van der Waals surface area contributed by atoms with Crippen LogP contribution in [0.5, 0.6) is 0 Å². The van der Waals surface area contributed by atoms with Gasteiger partial charge in [0.05, 0.1) is 24.6 Å². The van der Waals surface area contributed by atoms with Gasteiger partial charge in [-0.1, -0.05) is 24.3 Å². The second kappa shape index (κ2) is 6.74. The molecular weight excluding hydrogens is 358 g/mol. The molecule has 3 aromatic rings. The fraction of sp³-hybridized carbons (Fsp3) is 0.333. The zero-order valence-electron chi connectivity index (χ0n) is 16.1. The average Bonchev–Trinajstić information content (AvgIpc) is 3.54. The van der Waals surface area contributed by atoms with Crippen molar-refractivity contribution in [3.8, 4) is 0 Å². The number of aryl methyl sites for hydroxylation is 2. The molecule has 144 valence electrons. The normalized spacial score (nSPS) is 13.7. The van der Waals surface area contributed by atoms with Crippen molar-refractivity contribution in [2.24, 2.45) is 7.05 Å². The van der Waals surface area contributed by atoms with E-state index in [0.29, 0.717) is 0 Å². The first kappa shape index (κ1) is 18.2. The first-order valence-corrected chi connectivity index (χ1v) is 9.19. The molecule has 0 aliphatic heterocycles. The van der Waals surface area contributed by atoms with Crippen molar-refractivity contribution in [1.29, 1.82) is 0 Å². The van der Waals surface area contributed by atoms with Crippen LogP contribution in [0.15, 0.2) is 39.9 Å². The number of aromatic nitrogens is 3. The van der Waals surface area contributed by atoms with Gasteiger partial charge in [0.15, 0.2) is 0 Å². The van der Waals surface area contributed by atoms with Crippen molar-refractivity contribution in [1.82, 2.24) is 14.1 Å². The molecule has 7 heteroatoms. The molecule has 2 heterocycles. The van der Waals surface area contributed by atoms with Gasteiger partial charge in [0, 0.05) is 18.7 Å². The molecule has 0 atom stereocenters. The summed E-state index contributed by atoms with van der Waals surface area (Å²) in [5.41, 5.74) is 1.96. The van der Waals surface area contributed by atoms with Gasteiger partial charge in [0.25, 0.3) is 5.56 Å². The number of hydrogen-bond acceptors (Lipinski definition) is 5. The number of fused-ring (bicyclic) bond motifs is 1. The smallest absolute Gasteiger partial charge is 0.338 e. The van der Waals surface area contributed by atoms with E-state index in [1.807, 2.05) is 31.2 Å². The Morgan fingerprint density at radius 3 is 2.61 bits per heavy atom. The van der Waals surface area contributed by atoms with Crippen LogP contribution in [0, 0.1) is 6.92 Å². The number of pyridine rings is 1. The lowest BCUT2D eigenvalue weighted by molar-refractivity contribution is 0.0602. The highest BCUT2D eigenvalue weighted by Crippen LogP contribution is 2.39. The Bertz CT molecular complexity index is 1220. The highest BCUT2D eigenvalue weighted by molar-refractivity contribution is 6.02. The van der Waals surface area contributed by atoms with Crippen molar-refractivity contribution in [3.05, 3.63) is 73.6 Å². The predicted octanol–water partition coefficient (Wildman–Crippen LogP) is 2.12. The average molecular weight is 379 g/mol. The van der Waals surface area contributed by atoms with Gasteiger partial charge >= 0.3 is 11.7 Å². The van der Waals surface area contributed by atoms with Crippen LogP contribution in [-0.2, 0) is 18.3 Å². The van der Waals surface area contributed by atoms with E-state index in [1.54, 1.807) is 13.1 Å². The maximum absolute atomic E-state index is 13.3. The molecule has 1 saturated carbocycles. The summed E-state index contributed by atoms with van der Waals surface area (Å²) in [6.07, 6.45) is 1.97. The van der Waals surface area contributed by atoms with E-state index >= 15 is 0 Å². The van der Waals surface area contributed by atoms with Crippen LogP contribution >= 0.6 is 0 Å². The Balaban J connectivity index is 2.02. The maximum atomic E-state index is 13.3. The Labute approximate surface area is 161 Å². The third-order valence-corrected chi connectivity index (χ3v) is 5.31. The zero-order chi connectivity index (χ0) is 20.0. The summed E-state index contributed by atoms with van der Waals surface area (Å²) in [5.74, 6) is -0.343. The van der Waals surface area contributed by atoms with E-state index in [0.717, 1.165) is 34.2 Å². The summed E-state index contributed by atoms with van der Waals surface area (Å²) in [6.45, 7) is 2.05. The third-order valence-electron chi connectivity index (χ3n) is 5.31. The molecular formula is C21H21N3O4. The first-order chi connectivity index (χ1) is 13.4.